The summed E-state index contributed by atoms with van der Waals surface area (Å²) in [6.45, 7) is 4.93. The van der Waals surface area contributed by atoms with E-state index in [-0.39, 0.29) is 23.5 Å². The molecule has 1 aliphatic heterocycles. The SMILES string of the molecule is CCCOc1ccccc1C(=O)N(Cc1ccc(C)cc1)C1CCS(=O)(=O)C1. The third-order valence-corrected chi connectivity index (χ3v) is 6.71. The zero-order valence-corrected chi connectivity index (χ0v) is 17.2. The molecule has 150 valence electrons. The van der Waals surface area contributed by atoms with E-state index in [2.05, 4.69) is 0 Å². The predicted molar refractivity (Wildman–Crippen MR) is 110 cm³/mol. The van der Waals surface area contributed by atoms with Crippen molar-refractivity contribution in [3.8, 4) is 5.75 Å². The van der Waals surface area contributed by atoms with Crippen LogP contribution in [0.5, 0.6) is 5.75 Å². The second kappa shape index (κ2) is 8.78. The minimum atomic E-state index is -3.10. The van der Waals surface area contributed by atoms with Gasteiger partial charge in [-0.1, -0.05) is 48.9 Å². The van der Waals surface area contributed by atoms with Gasteiger partial charge in [0.05, 0.1) is 23.7 Å². The minimum Gasteiger partial charge on any atom is -0.493 e. The summed E-state index contributed by atoms with van der Waals surface area (Å²) in [6, 6.07) is 14.8. The summed E-state index contributed by atoms with van der Waals surface area (Å²) in [4.78, 5) is 15.1. The standard InChI is InChI=1S/C22H27NO4S/c1-3-13-27-21-7-5-4-6-20(21)22(24)23(19-12-14-28(25,26)16-19)15-18-10-8-17(2)9-11-18/h4-11,19H,3,12-16H2,1-2H3. The number of benzene rings is 2. The molecule has 0 N–H and O–H groups in total. The molecule has 28 heavy (non-hydrogen) atoms. The molecule has 0 saturated carbocycles. The van der Waals surface area contributed by atoms with Crippen molar-refractivity contribution in [3.63, 3.8) is 0 Å². The predicted octanol–water partition coefficient (Wildman–Crippen LogP) is 3.61. The van der Waals surface area contributed by atoms with E-state index in [1.165, 1.54) is 0 Å². The van der Waals surface area contributed by atoms with Gasteiger partial charge in [-0.3, -0.25) is 4.79 Å². The molecule has 1 atom stereocenters. The zero-order valence-electron chi connectivity index (χ0n) is 16.4. The molecule has 1 amide bonds. The van der Waals surface area contributed by atoms with Gasteiger partial charge >= 0.3 is 0 Å². The molecule has 1 saturated heterocycles. The molecule has 0 radical (unpaired) electrons. The molecule has 1 heterocycles. The maximum atomic E-state index is 13.4. The molecule has 0 aromatic heterocycles. The van der Waals surface area contributed by atoms with Crippen LogP contribution in [0.25, 0.3) is 0 Å². The molecule has 5 nitrogen and oxygen atoms in total. The third kappa shape index (κ3) is 4.93. The van der Waals surface area contributed by atoms with Crippen LogP contribution in [-0.4, -0.2) is 43.4 Å². The summed E-state index contributed by atoms with van der Waals surface area (Å²) < 4.78 is 29.9. The Bertz CT molecular complexity index is 922. The topological polar surface area (TPSA) is 63.7 Å². The lowest BCUT2D eigenvalue weighted by molar-refractivity contribution is 0.0676. The highest BCUT2D eigenvalue weighted by atomic mass is 32.2. The van der Waals surface area contributed by atoms with Crippen molar-refractivity contribution in [2.45, 2.75) is 39.3 Å². The number of carbonyl (C=O) groups excluding carboxylic acids is 1. The van der Waals surface area contributed by atoms with Crippen molar-refractivity contribution in [1.29, 1.82) is 0 Å². The first kappa shape index (κ1) is 20.4. The molecule has 0 spiro atoms. The van der Waals surface area contributed by atoms with E-state index < -0.39 is 9.84 Å². The van der Waals surface area contributed by atoms with Crippen molar-refractivity contribution < 1.29 is 17.9 Å². The summed E-state index contributed by atoms with van der Waals surface area (Å²) in [5.41, 5.74) is 2.60. The van der Waals surface area contributed by atoms with E-state index in [4.69, 9.17) is 4.74 Å². The zero-order chi connectivity index (χ0) is 20.1. The Morgan fingerprint density at radius 2 is 1.86 bits per heavy atom. The lowest BCUT2D eigenvalue weighted by Crippen LogP contribution is -2.40. The van der Waals surface area contributed by atoms with Crippen LogP contribution in [0, 0.1) is 6.92 Å². The molecule has 0 aliphatic carbocycles. The summed E-state index contributed by atoms with van der Waals surface area (Å²) in [7, 11) is -3.10. The summed E-state index contributed by atoms with van der Waals surface area (Å²) in [5.74, 6) is 0.504. The molecule has 2 aromatic carbocycles. The van der Waals surface area contributed by atoms with Gasteiger partial charge in [0.2, 0.25) is 0 Å². The molecule has 1 fully saturated rings. The Balaban J connectivity index is 1.92. The van der Waals surface area contributed by atoms with Crippen LogP contribution in [-0.2, 0) is 16.4 Å². The molecule has 2 aromatic rings. The summed E-state index contributed by atoms with van der Waals surface area (Å²) in [5, 5.41) is 0. The molecule has 3 rings (SSSR count). The van der Waals surface area contributed by atoms with Crippen LogP contribution in [0.2, 0.25) is 0 Å². The highest BCUT2D eigenvalue weighted by Crippen LogP contribution is 2.26. The Morgan fingerprint density at radius 1 is 1.14 bits per heavy atom. The van der Waals surface area contributed by atoms with Crippen molar-refractivity contribution >= 4 is 15.7 Å². The quantitative estimate of drug-likeness (QED) is 0.711. The summed E-state index contributed by atoms with van der Waals surface area (Å²) in [6.07, 6.45) is 1.31. The highest BCUT2D eigenvalue weighted by Gasteiger charge is 2.35. The van der Waals surface area contributed by atoms with Gasteiger partial charge in [-0.15, -0.1) is 0 Å². The second-order valence-electron chi connectivity index (χ2n) is 7.32. The van der Waals surface area contributed by atoms with Crippen molar-refractivity contribution in [1.82, 2.24) is 4.90 Å². The fourth-order valence-electron chi connectivity index (χ4n) is 3.41. The molecular weight excluding hydrogens is 374 g/mol. The number of rotatable bonds is 7. The Labute approximate surface area is 167 Å². The molecule has 0 bridgehead atoms. The smallest absolute Gasteiger partial charge is 0.258 e. The van der Waals surface area contributed by atoms with Crippen molar-refractivity contribution in [2.75, 3.05) is 18.1 Å². The average Bonchev–Trinajstić information content (AvgIpc) is 3.05. The van der Waals surface area contributed by atoms with Crippen molar-refractivity contribution in [2.24, 2.45) is 0 Å². The van der Waals surface area contributed by atoms with Crippen LogP contribution in [0.3, 0.4) is 0 Å². The van der Waals surface area contributed by atoms with Gasteiger partial charge in [-0.2, -0.15) is 0 Å². The average molecular weight is 402 g/mol. The van der Waals surface area contributed by atoms with Gasteiger partial charge in [0, 0.05) is 12.6 Å². The molecule has 6 heteroatoms. The van der Waals surface area contributed by atoms with E-state index in [1.54, 1.807) is 17.0 Å². The molecular formula is C22H27NO4S. The minimum absolute atomic E-state index is 0.0165. The lowest BCUT2D eigenvalue weighted by atomic mass is 10.1. The third-order valence-electron chi connectivity index (χ3n) is 4.96. The highest BCUT2D eigenvalue weighted by molar-refractivity contribution is 7.91. The van der Waals surface area contributed by atoms with Gasteiger partial charge in [0.15, 0.2) is 9.84 Å². The van der Waals surface area contributed by atoms with Crippen LogP contribution in [0.1, 0.15) is 41.3 Å². The Morgan fingerprint density at radius 3 is 2.50 bits per heavy atom. The lowest BCUT2D eigenvalue weighted by Gasteiger charge is -2.29. The maximum Gasteiger partial charge on any atom is 0.258 e. The van der Waals surface area contributed by atoms with Crippen LogP contribution < -0.4 is 4.74 Å². The normalized spacial score (nSPS) is 18.0. The number of hydrogen-bond donors (Lipinski definition) is 0. The van der Waals surface area contributed by atoms with E-state index in [1.807, 2.05) is 50.2 Å². The first-order chi connectivity index (χ1) is 13.4. The fraction of sp³-hybridized carbons (Fsp3) is 0.409. The van der Waals surface area contributed by atoms with E-state index >= 15 is 0 Å². The number of sulfone groups is 1. The molecule has 1 unspecified atom stereocenters. The first-order valence-corrected chi connectivity index (χ1v) is 11.5. The monoisotopic (exact) mass is 401 g/mol. The fourth-order valence-corrected chi connectivity index (χ4v) is 5.14. The van der Waals surface area contributed by atoms with E-state index in [0.29, 0.717) is 30.9 Å². The van der Waals surface area contributed by atoms with E-state index in [0.717, 1.165) is 17.5 Å². The number of ether oxygens (including phenoxy) is 1. The number of carbonyl (C=O) groups is 1. The Kier molecular flexibility index (Phi) is 6.39. The maximum absolute atomic E-state index is 13.4. The second-order valence-corrected chi connectivity index (χ2v) is 9.55. The number of amides is 1. The molecule has 1 aliphatic rings. The number of hydrogen-bond acceptors (Lipinski definition) is 4. The van der Waals surface area contributed by atoms with Gasteiger partial charge in [0.25, 0.3) is 5.91 Å². The Hall–Kier alpha value is -2.34. The van der Waals surface area contributed by atoms with Crippen LogP contribution in [0.4, 0.5) is 0 Å². The van der Waals surface area contributed by atoms with Crippen molar-refractivity contribution in [3.05, 3.63) is 65.2 Å². The van der Waals surface area contributed by atoms with Crippen LogP contribution >= 0.6 is 0 Å². The van der Waals surface area contributed by atoms with Crippen LogP contribution in [0.15, 0.2) is 48.5 Å². The van der Waals surface area contributed by atoms with E-state index in [9.17, 15) is 13.2 Å². The van der Waals surface area contributed by atoms with Gasteiger partial charge in [-0.25, -0.2) is 8.42 Å². The number of para-hydroxylation sites is 1. The number of aryl methyl sites for hydroxylation is 1. The number of nitrogens with zero attached hydrogens (tertiary/aromatic N) is 1. The largest absolute Gasteiger partial charge is 0.493 e. The van der Waals surface area contributed by atoms with Gasteiger partial charge in [-0.05, 0) is 37.5 Å². The van der Waals surface area contributed by atoms with Gasteiger partial charge < -0.3 is 9.64 Å². The summed E-state index contributed by atoms with van der Waals surface area (Å²) >= 11 is 0. The van der Waals surface area contributed by atoms with Gasteiger partial charge in [0.1, 0.15) is 5.75 Å². The first-order valence-electron chi connectivity index (χ1n) is 9.68.